The molecule has 7 heteroatoms. The number of non-ortho nitro benzene ring substituents is 1. The van der Waals surface area contributed by atoms with Gasteiger partial charge in [-0.05, 0) is 26.0 Å². The molecule has 114 valence electrons. The molecule has 0 spiro atoms. The highest BCUT2D eigenvalue weighted by Crippen LogP contribution is 2.26. The van der Waals surface area contributed by atoms with Gasteiger partial charge >= 0.3 is 0 Å². The summed E-state index contributed by atoms with van der Waals surface area (Å²) in [4.78, 5) is 24.0. The van der Waals surface area contributed by atoms with Crippen LogP contribution in [0.4, 0.5) is 5.69 Å². The summed E-state index contributed by atoms with van der Waals surface area (Å²) in [6.45, 7) is 0.380. The number of hydrogen-bond acceptors (Lipinski definition) is 5. The van der Waals surface area contributed by atoms with E-state index in [0.717, 1.165) is 12.8 Å². The lowest BCUT2D eigenvalue weighted by molar-refractivity contribution is -0.384. The number of nitro groups is 1. The number of benzene rings is 1. The van der Waals surface area contributed by atoms with Crippen LogP contribution in [0.3, 0.4) is 0 Å². The maximum atomic E-state index is 11.9. The van der Waals surface area contributed by atoms with Crippen molar-refractivity contribution in [3.63, 3.8) is 0 Å². The quantitative estimate of drug-likeness (QED) is 0.605. The van der Waals surface area contributed by atoms with Gasteiger partial charge in [0.1, 0.15) is 5.75 Å². The summed E-state index contributed by atoms with van der Waals surface area (Å²) in [7, 11) is 3.52. The molecule has 0 atom stereocenters. The molecule has 0 aromatic heterocycles. The minimum atomic E-state index is -0.449. The van der Waals surface area contributed by atoms with E-state index < -0.39 is 4.92 Å². The van der Waals surface area contributed by atoms with Gasteiger partial charge in [-0.25, -0.2) is 0 Å². The van der Waals surface area contributed by atoms with E-state index in [1.807, 2.05) is 0 Å². The van der Waals surface area contributed by atoms with Crippen molar-refractivity contribution in [2.75, 3.05) is 20.7 Å². The highest BCUT2D eigenvalue weighted by atomic mass is 16.6. The number of ether oxygens (including phenoxy) is 1. The van der Waals surface area contributed by atoms with Gasteiger partial charge in [-0.3, -0.25) is 14.9 Å². The summed E-state index contributed by atoms with van der Waals surface area (Å²) < 4.78 is 5.53. The Balaban J connectivity index is 2.04. The molecule has 0 bridgehead atoms. The predicted molar refractivity (Wildman–Crippen MR) is 77.1 cm³/mol. The van der Waals surface area contributed by atoms with Crippen LogP contribution in [0.25, 0.3) is 0 Å². The molecule has 0 saturated heterocycles. The minimum Gasteiger partial charge on any atom is -0.483 e. The first-order chi connectivity index (χ1) is 10.0. The van der Waals surface area contributed by atoms with Crippen molar-refractivity contribution >= 4 is 11.6 Å². The summed E-state index contributed by atoms with van der Waals surface area (Å²) in [5.41, 5.74) is 0.669. The van der Waals surface area contributed by atoms with Crippen LogP contribution < -0.4 is 10.1 Å². The van der Waals surface area contributed by atoms with E-state index in [1.54, 1.807) is 19.0 Å². The Labute approximate surface area is 123 Å². The average molecular weight is 293 g/mol. The predicted octanol–water partition coefficient (Wildman–Crippen LogP) is 1.31. The van der Waals surface area contributed by atoms with E-state index in [4.69, 9.17) is 4.74 Å². The second kappa shape index (κ2) is 6.53. The van der Waals surface area contributed by atoms with E-state index in [0.29, 0.717) is 23.9 Å². The average Bonchev–Trinajstić information content (AvgIpc) is 3.29. The number of likely N-dealkylation sites (N-methyl/N-ethyl adjacent to an activating group) is 1. The van der Waals surface area contributed by atoms with Gasteiger partial charge in [-0.2, -0.15) is 0 Å². The highest BCUT2D eigenvalue weighted by Gasteiger charge is 2.29. The van der Waals surface area contributed by atoms with Crippen LogP contribution in [-0.2, 0) is 11.3 Å². The zero-order valence-electron chi connectivity index (χ0n) is 12.2. The van der Waals surface area contributed by atoms with Crippen molar-refractivity contribution < 1.29 is 14.5 Å². The number of hydrogen-bond donors (Lipinski definition) is 1. The molecule has 1 saturated carbocycles. The molecule has 0 aliphatic heterocycles. The zero-order chi connectivity index (χ0) is 15.4. The Morgan fingerprint density at radius 3 is 2.81 bits per heavy atom. The summed E-state index contributed by atoms with van der Waals surface area (Å²) in [5, 5.41) is 13.7. The Kier molecular flexibility index (Phi) is 4.74. The molecule has 0 radical (unpaired) electrons. The molecule has 1 aliphatic carbocycles. The third-order valence-electron chi connectivity index (χ3n) is 3.46. The third-order valence-corrected chi connectivity index (χ3v) is 3.46. The number of rotatable bonds is 7. The lowest BCUT2D eigenvalue weighted by atomic mass is 10.1. The molecule has 0 unspecified atom stereocenters. The first-order valence-corrected chi connectivity index (χ1v) is 6.83. The maximum absolute atomic E-state index is 11.9. The zero-order valence-corrected chi connectivity index (χ0v) is 12.2. The Bertz CT molecular complexity index is 543. The molecule has 1 amide bonds. The van der Waals surface area contributed by atoms with Crippen molar-refractivity contribution in [1.29, 1.82) is 0 Å². The smallest absolute Gasteiger partial charge is 0.270 e. The van der Waals surface area contributed by atoms with Gasteiger partial charge < -0.3 is 15.0 Å². The first-order valence-electron chi connectivity index (χ1n) is 6.83. The van der Waals surface area contributed by atoms with Crippen LogP contribution in [0, 0.1) is 10.1 Å². The van der Waals surface area contributed by atoms with E-state index >= 15 is 0 Å². The number of carbonyl (C=O) groups excluding carboxylic acids is 1. The fourth-order valence-electron chi connectivity index (χ4n) is 2.06. The van der Waals surface area contributed by atoms with Crippen LogP contribution in [0.5, 0.6) is 5.75 Å². The summed E-state index contributed by atoms with van der Waals surface area (Å²) in [5.74, 6) is 0.416. The fraction of sp³-hybridized carbons (Fsp3) is 0.500. The van der Waals surface area contributed by atoms with E-state index in [9.17, 15) is 14.9 Å². The molecular weight excluding hydrogens is 274 g/mol. The maximum Gasteiger partial charge on any atom is 0.270 e. The van der Waals surface area contributed by atoms with Crippen molar-refractivity contribution in [3.05, 3.63) is 33.9 Å². The second-order valence-electron chi connectivity index (χ2n) is 5.10. The highest BCUT2D eigenvalue weighted by molar-refractivity contribution is 5.78. The lowest BCUT2D eigenvalue weighted by Gasteiger charge is -2.17. The van der Waals surface area contributed by atoms with Crippen LogP contribution in [0.1, 0.15) is 18.4 Å². The molecule has 21 heavy (non-hydrogen) atoms. The topological polar surface area (TPSA) is 84.7 Å². The largest absolute Gasteiger partial charge is 0.483 e. The third kappa shape index (κ3) is 3.91. The molecule has 1 N–H and O–H groups in total. The monoisotopic (exact) mass is 293 g/mol. The number of nitro benzene ring substituents is 1. The first kappa shape index (κ1) is 15.2. The SMILES string of the molecule is CNCc1cc([N+](=O)[O-])ccc1OCC(=O)N(C)C1CC1. The van der Waals surface area contributed by atoms with Crippen molar-refractivity contribution in [3.8, 4) is 5.75 Å². The summed E-state index contributed by atoms with van der Waals surface area (Å²) in [6, 6.07) is 4.72. The van der Waals surface area contributed by atoms with Crippen LogP contribution in [-0.4, -0.2) is 42.5 Å². The van der Waals surface area contributed by atoms with Gasteiger partial charge in [0.05, 0.1) is 4.92 Å². The summed E-state index contributed by atoms with van der Waals surface area (Å²) >= 11 is 0. The molecule has 1 aliphatic rings. The van der Waals surface area contributed by atoms with Gasteiger partial charge in [0, 0.05) is 37.3 Å². The molecule has 1 aromatic carbocycles. The molecule has 2 rings (SSSR count). The fourth-order valence-corrected chi connectivity index (χ4v) is 2.06. The van der Waals surface area contributed by atoms with Crippen molar-refractivity contribution in [1.82, 2.24) is 10.2 Å². The summed E-state index contributed by atoms with van der Waals surface area (Å²) in [6.07, 6.45) is 2.09. The Hall–Kier alpha value is -2.15. The molecular formula is C14H19N3O4. The van der Waals surface area contributed by atoms with Gasteiger partial charge in [0.15, 0.2) is 6.61 Å². The molecule has 0 heterocycles. The Morgan fingerprint density at radius 2 is 2.24 bits per heavy atom. The standard InChI is InChI=1S/C14H19N3O4/c1-15-8-10-7-12(17(19)20)5-6-13(10)21-9-14(18)16(2)11-3-4-11/h5-7,11,15H,3-4,8-9H2,1-2H3. The van der Waals surface area contributed by atoms with Gasteiger partial charge in [0.25, 0.3) is 11.6 Å². The Morgan fingerprint density at radius 1 is 1.52 bits per heavy atom. The second-order valence-corrected chi connectivity index (χ2v) is 5.10. The van der Waals surface area contributed by atoms with Crippen LogP contribution in [0.2, 0.25) is 0 Å². The number of carbonyl (C=O) groups is 1. The van der Waals surface area contributed by atoms with E-state index in [-0.39, 0.29) is 18.2 Å². The van der Waals surface area contributed by atoms with Gasteiger partial charge in [-0.15, -0.1) is 0 Å². The van der Waals surface area contributed by atoms with Gasteiger partial charge in [0.2, 0.25) is 0 Å². The van der Waals surface area contributed by atoms with E-state index in [1.165, 1.54) is 18.2 Å². The van der Waals surface area contributed by atoms with Crippen molar-refractivity contribution in [2.45, 2.75) is 25.4 Å². The lowest BCUT2D eigenvalue weighted by Crippen LogP contribution is -2.33. The van der Waals surface area contributed by atoms with E-state index in [2.05, 4.69) is 5.32 Å². The molecule has 1 aromatic rings. The minimum absolute atomic E-state index is 0.00836. The normalized spacial score (nSPS) is 13.8. The van der Waals surface area contributed by atoms with Crippen LogP contribution >= 0.6 is 0 Å². The molecule has 7 nitrogen and oxygen atoms in total. The number of nitrogens with zero attached hydrogens (tertiary/aromatic N) is 2. The van der Waals surface area contributed by atoms with Gasteiger partial charge in [-0.1, -0.05) is 0 Å². The number of nitrogens with one attached hydrogen (secondary N) is 1. The van der Waals surface area contributed by atoms with Crippen LogP contribution in [0.15, 0.2) is 18.2 Å². The molecule has 1 fully saturated rings. The number of amides is 1. The van der Waals surface area contributed by atoms with Crippen molar-refractivity contribution in [2.24, 2.45) is 0 Å².